The number of hydrogen-bond acceptors (Lipinski definition) is 3. The smallest absolute Gasteiger partial charge is 0.320 e. The summed E-state index contributed by atoms with van der Waals surface area (Å²) in [6.45, 7) is 9.78. The molecule has 0 aliphatic heterocycles. The molecule has 0 spiro atoms. The molecule has 14 heavy (non-hydrogen) atoms. The summed E-state index contributed by atoms with van der Waals surface area (Å²) >= 11 is 0. The lowest BCUT2D eigenvalue weighted by atomic mass is 9.92. The first kappa shape index (κ1) is 13.4. The van der Waals surface area contributed by atoms with Crippen LogP contribution in [0.3, 0.4) is 0 Å². The number of aliphatic carboxylic acids is 1. The molecular weight excluding hydrogens is 180 g/mol. The molecule has 1 unspecified atom stereocenters. The van der Waals surface area contributed by atoms with Gasteiger partial charge in [0.1, 0.15) is 6.04 Å². The van der Waals surface area contributed by atoms with Crippen LogP contribution >= 0.6 is 0 Å². The van der Waals surface area contributed by atoms with Gasteiger partial charge < -0.3 is 10.8 Å². The largest absolute Gasteiger partial charge is 0.480 e. The third kappa shape index (κ3) is 4.07. The molecule has 0 heterocycles. The summed E-state index contributed by atoms with van der Waals surface area (Å²) in [6.07, 6.45) is 0. The Morgan fingerprint density at radius 2 is 2.07 bits per heavy atom. The van der Waals surface area contributed by atoms with E-state index >= 15 is 0 Å². The number of likely N-dealkylation sites (N-methyl/N-ethyl adjacent to an activating group) is 1. The van der Waals surface area contributed by atoms with Gasteiger partial charge in [-0.15, -0.1) is 0 Å². The van der Waals surface area contributed by atoms with Gasteiger partial charge in [-0.2, -0.15) is 0 Å². The van der Waals surface area contributed by atoms with Gasteiger partial charge >= 0.3 is 5.97 Å². The van der Waals surface area contributed by atoms with Crippen LogP contribution in [0.15, 0.2) is 0 Å². The Balaban J connectivity index is 4.36. The maximum Gasteiger partial charge on any atom is 0.320 e. The van der Waals surface area contributed by atoms with Crippen molar-refractivity contribution in [2.24, 2.45) is 11.1 Å². The Bertz CT molecular complexity index is 193. The van der Waals surface area contributed by atoms with Gasteiger partial charge in [-0.1, -0.05) is 20.8 Å². The van der Waals surface area contributed by atoms with Gasteiger partial charge in [0.25, 0.3) is 0 Å². The molecule has 3 N–H and O–H groups in total. The zero-order chi connectivity index (χ0) is 11.4. The minimum atomic E-state index is -0.778. The van der Waals surface area contributed by atoms with Crippen molar-refractivity contribution in [1.29, 1.82) is 0 Å². The molecule has 0 aliphatic rings. The van der Waals surface area contributed by atoms with Crippen LogP contribution < -0.4 is 5.73 Å². The van der Waals surface area contributed by atoms with Gasteiger partial charge in [0.2, 0.25) is 0 Å². The van der Waals surface area contributed by atoms with Crippen LogP contribution in [0.25, 0.3) is 0 Å². The van der Waals surface area contributed by atoms with E-state index in [4.69, 9.17) is 10.8 Å². The minimum absolute atomic E-state index is 0.0281. The lowest BCUT2D eigenvalue weighted by Gasteiger charge is -2.33. The molecule has 0 amide bonds. The molecule has 4 nitrogen and oxygen atoms in total. The van der Waals surface area contributed by atoms with E-state index in [-0.39, 0.29) is 5.41 Å². The lowest BCUT2D eigenvalue weighted by molar-refractivity contribution is -0.143. The molecule has 4 heteroatoms. The molecule has 0 aliphatic carbocycles. The molecule has 0 aromatic rings. The number of carboxylic acids is 1. The van der Waals surface area contributed by atoms with Gasteiger partial charge in [0.15, 0.2) is 0 Å². The van der Waals surface area contributed by atoms with Crippen molar-refractivity contribution in [2.75, 3.05) is 19.6 Å². The molecule has 0 saturated heterocycles. The van der Waals surface area contributed by atoms with E-state index in [1.165, 1.54) is 0 Å². The number of carbonyl (C=O) groups is 1. The first-order chi connectivity index (χ1) is 6.34. The minimum Gasteiger partial charge on any atom is -0.480 e. The first-order valence-electron chi connectivity index (χ1n) is 5.01. The van der Waals surface area contributed by atoms with E-state index in [2.05, 4.69) is 0 Å². The topological polar surface area (TPSA) is 66.6 Å². The third-order valence-corrected chi connectivity index (χ3v) is 2.50. The molecule has 1 atom stereocenters. The normalized spacial score (nSPS) is 14.4. The average Bonchev–Trinajstić information content (AvgIpc) is 2.13. The average molecular weight is 202 g/mol. The maximum atomic E-state index is 10.8. The van der Waals surface area contributed by atoms with Crippen molar-refractivity contribution < 1.29 is 9.90 Å². The Kier molecular flexibility index (Phi) is 5.08. The predicted octanol–water partition coefficient (Wildman–Crippen LogP) is 0.766. The third-order valence-electron chi connectivity index (χ3n) is 2.50. The van der Waals surface area contributed by atoms with Gasteiger partial charge in [0, 0.05) is 6.54 Å². The van der Waals surface area contributed by atoms with Crippen molar-refractivity contribution in [2.45, 2.75) is 33.7 Å². The van der Waals surface area contributed by atoms with E-state index in [0.717, 1.165) is 6.54 Å². The van der Waals surface area contributed by atoms with Gasteiger partial charge in [-0.05, 0) is 25.4 Å². The summed E-state index contributed by atoms with van der Waals surface area (Å²) in [5.41, 5.74) is 5.58. The van der Waals surface area contributed by atoms with Crippen molar-refractivity contribution >= 4 is 5.97 Å². The van der Waals surface area contributed by atoms with Crippen molar-refractivity contribution in [3.8, 4) is 0 Å². The summed E-state index contributed by atoms with van der Waals surface area (Å²) < 4.78 is 0. The van der Waals surface area contributed by atoms with E-state index in [1.54, 1.807) is 6.92 Å². The number of nitrogens with zero attached hydrogens (tertiary/aromatic N) is 1. The van der Waals surface area contributed by atoms with Crippen molar-refractivity contribution in [1.82, 2.24) is 4.90 Å². The van der Waals surface area contributed by atoms with E-state index in [1.807, 2.05) is 25.7 Å². The first-order valence-corrected chi connectivity index (χ1v) is 5.01. The lowest BCUT2D eigenvalue weighted by Crippen LogP contribution is -2.46. The van der Waals surface area contributed by atoms with E-state index in [9.17, 15) is 4.79 Å². The number of rotatable bonds is 6. The van der Waals surface area contributed by atoms with E-state index < -0.39 is 12.0 Å². The zero-order valence-corrected chi connectivity index (χ0v) is 9.58. The highest BCUT2D eigenvalue weighted by Crippen LogP contribution is 2.16. The number of hydrogen-bond donors (Lipinski definition) is 2. The molecule has 84 valence electrons. The summed E-state index contributed by atoms with van der Waals surface area (Å²) in [5, 5.41) is 8.88. The zero-order valence-electron chi connectivity index (χ0n) is 9.58. The fourth-order valence-corrected chi connectivity index (χ4v) is 1.29. The number of nitrogens with two attached hydrogens (primary N) is 1. The SMILES string of the molecule is CCN(CC(C)(C)CN)C(C)C(=O)O. The van der Waals surface area contributed by atoms with Gasteiger partial charge in [0.05, 0.1) is 0 Å². The van der Waals surface area contributed by atoms with Crippen LogP contribution in [0.2, 0.25) is 0 Å². The molecule has 0 saturated carbocycles. The Hall–Kier alpha value is -0.610. The molecule has 0 radical (unpaired) electrons. The van der Waals surface area contributed by atoms with Crippen LogP contribution in [-0.2, 0) is 4.79 Å². The highest BCUT2D eigenvalue weighted by atomic mass is 16.4. The van der Waals surface area contributed by atoms with Crippen molar-refractivity contribution in [3.63, 3.8) is 0 Å². The monoisotopic (exact) mass is 202 g/mol. The Morgan fingerprint density at radius 1 is 1.57 bits per heavy atom. The fraction of sp³-hybridized carbons (Fsp3) is 0.900. The Labute approximate surface area is 86.1 Å². The summed E-state index contributed by atoms with van der Waals surface area (Å²) in [7, 11) is 0. The highest BCUT2D eigenvalue weighted by molar-refractivity contribution is 5.72. The van der Waals surface area contributed by atoms with Crippen LogP contribution in [0, 0.1) is 5.41 Å². The highest BCUT2D eigenvalue weighted by Gasteiger charge is 2.25. The summed E-state index contributed by atoms with van der Waals surface area (Å²) in [5.74, 6) is -0.778. The molecule has 0 rings (SSSR count). The molecule has 0 aromatic heterocycles. The summed E-state index contributed by atoms with van der Waals surface area (Å²) in [4.78, 5) is 12.7. The van der Waals surface area contributed by atoms with Crippen LogP contribution in [0.5, 0.6) is 0 Å². The van der Waals surface area contributed by atoms with E-state index in [0.29, 0.717) is 13.1 Å². The fourth-order valence-electron chi connectivity index (χ4n) is 1.29. The molecule has 0 aromatic carbocycles. The molecular formula is C10H22N2O2. The van der Waals surface area contributed by atoms with Crippen molar-refractivity contribution in [3.05, 3.63) is 0 Å². The second kappa shape index (κ2) is 5.32. The second-order valence-corrected chi connectivity index (χ2v) is 4.45. The quantitative estimate of drug-likeness (QED) is 0.667. The predicted molar refractivity (Wildman–Crippen MR) is 57.2 cm³/mol. The van der Waals surface area contributed by atoms with Crippen LogP contribution in [0.4, 0.5) is 0 Å². The number of carboxylic acid groups (broad SMARTS) is 1. The van der Waals surface area contributed by atoms with Gasteiger partial charge in [-0.25, -0.2) is 0 Å². The maximum absolute atomic E-state index is 10.8. The Morgan fingerprint density at radius 3 is 2.36 bits per heavy atom. The second-order valence-electron chi connectivity index (χ2n) is 4.45. The molecule has 0 fully saturated rings. The van der Waals surface area contributed by atoms with Crippen LogP contribution in [0.1, 0.15) is 27.7 Å². The van der Waals surface area contributed by atoms with Crippen LogP contribution in [-0.4, -0.2) is 41.7 Å². The van der Waals surface area contributed by atoms with Gasteiger partial charge in [-0.3, -0.25) is 9.69 Å². The molecule has 0 bridgehead atoms. The summed E-state index contributed by atoms with van der Waals surface area (Å²) in [6, 6.07) is -0.439. The standard InChI is InChI=1S/C10H22N2O2/c1-5-12(8(2)9(13)14)7-10(3,4)6-11/h8H,5-7,11H2,1-4H3,(H,13,14).